The van der Waals surface area contributed by atoms with Crippen LogP contribution in [0.4, 0.5) is 5.69 Å². The van der Waals surface area contributed by atoms with Crippen molar-refractivity contribution in [1.82, 2.24) is 0 Å². The highest BCUT2D eigenvalue weighted by Crippen LogP contribution is 2.19. The van der Waals surface area contributed by atoms with Crippen LogP contribution in [0.5, 0.6) is 5.75 Å². The van der Waals surface area contributed by atoms with Gasteiger partial charge in [0.05, 0.1) is 0 Å². The number of carbonyl (C=O) groups excluding carboxylic acids is 1. The molecule has 3 nitrogen and oxygen atoms in total. The van der Waals surface area contributed by atoms with E-state index in [2.05, 4.69) is 11.4 Å². The van der Waals surface area contributed by atoms with Crippen molar-refractivity contribution in [3.05, 3.63) is 95.1 Å². The first-order valence-electron chi connectivity index (χ1n) is 8.27. The predicted molar refractivity (Wildman–Crippen MR) is 101 cm³/mol. The second kappa shape index (κ2) is 7.67. The first-order valence-corrected chi connectivity index (χ1v) is 8.27. The Labute approximate surface area is 148 Å². The van der Waals surface area contributed by atoms with Gasteiger partial charge in [0.25, 0.3) is 5.91 Å². The van der Waals surface area contributed by atoms with Crippen LogP contribution in [-0.4, -0.2) is 5.91 Å². The molecule has 0 radical (unpaired) electrons. The van der Waals surface area contributed by atoms with Crippen LogP contribution in [0.15, 0.2) is 72.8 Å². The van der Waals surface area contributed by atoms with Gasteiger partial charge in [0.15, 0.2) is 0 Å². The molecule has 3 aromatic carbocycles. The molecule has 3 heteroatoms. The maximum absolute atomic E-state index is 12.5. The zero-order valence-electron chi connectivity index (χ0n) is 14.5. The van der Waals surface area contributed by atoms with Gasteiger partial charge in [-0.15, -0.1) is 0 Å². The lowest BCUT2D eigenvalue weighted by Gasteiger charge is -2.11. The Morgan fingerprint density at radius 1 is 0.920 bits per heavy atom. The van der Waals surface area contributed by atoms with E-state index in [0.29, 0.717) is 17.9 Å². The molecule has 0 aliphatic heterocycles. The summed E-state index contributed by atoms with van der Waals surface area (Å²) in [4.78, 5) is 12.5. The summed E-state index contributed by atoms with van der Waals surface area (Å²) in [7, 11) is 0. The molecule has 0 aliphatic carbocycles. The summed E-state index contributed by atoms with van der Waals surface area (Å²) >= 11 is 0. The third-order valence-corrected chi connectivity index (χ3v) is 3.97. The molecule has 0 fully saturated rings. The van der Waals surface area contributed by atoms with Crippen molar-refractivity contribution in [3.63, 3.8) is 0 Å². The highest BCUT2D eigenvalue weighted by atomic mass is 16.5. The van der Waals surface area contributed by atoms with Gasteiger partial charge in [-0.1, -0.05) is 54.1 Å². The van der Waals surface area contributed by atoms with Crippen molar-refractivity contribution in [2.45, 2.75) is 20.5 Å². The highest BCUT2D eigenvalue weighted by molar-refractivity contribution is 6.04. The fourth-order valence-corrected chi connectivity index (χ4v) is 2.62. The van der Waals surface area contributed by atoms with Gasteiger partial charge >= 0.3 is 0 Å². The standard InChI is InChI=1S/C22H21NO2/c1-16-11-12-21(17(2)13-16)23-22(24)19-9-6-10-20(14-19)25-15-18-7-4-3-5-8-18/h3-14H,15H2,1-2H3,(H,23,24). The van der Waals surface area contributed by atoms with Crippen LogP contribution in [0, 0.1) is 13.8 Å². The Hall–Kier alpha value is -3.07. The van der Waals surface area contributed by atoms with Crippen LogP contribution in [0.2, 0.25) is 0 Å². The second-order valence-corrected chi connectivity index (χ2v) is 6.07. The van der Waals surface area contributed by atoms with E-state index in [0.717, 1.165) is 16.8 Å². The van der Waals surface area contributed by atoms with Crippen molar-refractivity contribution >= 4 is 11.6 Å². The van der Waals surface area contributed by atoms with E-state index in [1.807, 2.05) is 68.4 Å². The van der Waals surface area contributed by atoms with Crippen molar-refractivity contribution in [1.29, 1.82) is 0 Å². The Morgan fingerprint density at radius 2 is 1.72 bits per heavy atom. The van der Waals surface area contributed by atoms with E-state index in [4.69, 9.17) is 4.74 Å². The Morgan fingerprint density at radius 3 is 2.48 bits per heavy atom. The molecule has 25 heavy (non-hydrogen) atoms. The minimum Gasteiger partial charge on any atom is -0.489 e. The van der Waals surface area contributed by atoms with Gasteiger partial charge in [-0.2, -0.15) is 0 Å². The summed E-state index contributed by atoms with van der Waals surface area (Å²) in [6, 6.07) is 23.2. The SMILES string of the molecule is Cc1ccc(NC(=O)c2cccc(OCc3ccccc3)c2)c(C)c1. The third kappa shape index (κ3) is 4.48. The maximum atomic E-state index is 12.5. The van der Waals surface area contributed by atoms with E-state index in [-0.39, 0.29) is 5.91 Å². The summed E-state index contributed by atoms with van der Waals surface area (Å²) in [5, 5.41) is 2.96. The Bertz CT molecular complexity index is 872. The molecule has 0 aliphatic rings. The average Bonchev–Trinajstić information content (AvgIpc) is 2.63. The van der Waals surface area contributed by atoms with Crippen LogP contribution < -0.4 is 10.1 Å². The summed E-state index contributed by atoms with van der Waals surface area (Å²) in [5.41, 5.74) is 4.71. The van der Waals surface area contributed by atoms with Gasteiger partial charge in [0.1, 0.15) is 12.4 Å². The predicted octanol–water partition coefficient (Wildman–Crippen LogP) is 5.13. The number of ether oxygens (including phenoxy) is 1. The van der Waals surface area contributed by atoms with Crippen LogP contribution in [0.3, 0.4) is 0 Å². The zero-order valence-corrected chi connectivity index (χ0v) is 14.5. The number of hydrogen-bond donors (Lipinski definition) is 1. The molecular formula is C22H21NO2. The van der Waals surface area contributed by atoms with Gasteiger partial charge in [-0.3, -0.25) is 4.79 Å². The molecule has 3 rings (SSSR count). The lowest BCUT2D eigenvalue weighted by atomic mass is 10.1. The van der Waals surface area contributed by atoms with Crippen LogP contribution in [-0.2, 0) is 6.61 Å². The van der Waals surface area contributed by atoms with Crippen molar-refractivity contribution < 1.29 is 9.53 Å². The second-order valence-electron chi connectivity index (χ2n) is 6.07. The summed E-state index contributed by atoms with van der Waals surface area (Å²) in [5.74, 6) is 0.536. The fourth-order valence-electron chi connectivity index (χ4n) is 2.62. The normalized spacial score (nSPS) is 10.3. The van der Waals surface area contributed by atoms with Gasteiger partial charge in [0, 0.05) is 11.3 Å². The Kier molecular flexibility index (Phi) is 5.14. The molecule has 0 spiro atoms. The lowest BCUT2D eigenvalue weighted by molar-refractivity contribution is 0.102. The molecule has 0 saturated carbocycles. The molecule has 0 saturated heterocycles. The molecule has 0 atom stereocenters. The molecule has 0 aromatic heterocycles. The monoisotopic (exact) mass is 331 g/mol. The molecule has 0 bridgehead atoms. The number of rotatable bonds is 5. The summed E-state index contributed by atoms with van der Waals surface area (Å²) in [6.07, 6.45) is 0. The smallest absolute Gasteiger partial charge is 0.255 e. The number of hydrogen-bond acceptors (Lipinski definition) is 2. The lowest BCUT2D eigenvalue weighted by Crippen LogP contribution is -2.13. The number of amides is 1. The van der Waals surface area contributed by atoms with Crippen LogP contribution in [0.1, 0.15) is 27.0 Å². The number of aryl methyl sites for hydroxylation is 2. The van der Waals surface area contributed by atoms with Crippen LogP contribution in [0.25, 0.3) is 0 Å². The molecule has 126 valence electrons. The van der Waals surface area contributed by atoms with Crippen molar-refractivity contribution in [2.24, 2.45) is 0 Å². The first-order chi connectivity index (χ1) is 12.1. The molecular weight excluding hydrogens is 310 g/mol. The maximum Gasteiger partial charge on any atom is 0.255 e. The van der Waals surface area contributed by atoms with E-state index in [1.165, 1.54) is 5.56 Å². The Balaban J connectivity index is 1.69. The molecule has 1 N–H and O–H groups in total. The van der Waals surface area contributed by atoms with Crippen molar-refractivity contribution in [3.8, 4) is 5.75 Å². The minimum absolute atomic E-state index is 0.142. The first kappa shape index (κ1) is 16.8. The van der Waals surface area contributed by atoms with E-state index in [1.54, 1.807) is 12.1 Å². The topological polar surface area (TPSA) is 38.3 Å². The zero-order chi connectivity index (χ0) is 17.6. The number of anilines is 1. The quantitative estimate of drug-likeness (QED) is 0.703. The largest absolute Gasteiger partial charge is 0.489 e. The fraction of sp³-hybridized carbons (Fsp3) is 0.136. The number of benzene rings is 3. The van der Waals surface area contributed by atoms with Gasteiger partial charge in [0.2, 0.25) is 0 Å². The molecule has 0 heterocycles. The molecule has 0 unspecified atom stereocenters. The summed E-state index contributed by atoms with van der Waals surface area (Å²) < 4.78 is 5.79. The average molecular weight is 331 g/mol. The minimum atomic E-state index is -0.142. The third-order valence-electron chi connectivity index (χ3n) is 3.97. The highest BCUT2D eigenvalue weighted by Gasteiger charge is 2.09. The number of carbonyl (C=O) groups is 1. The van der Waals surface area contributed by atoms with E-state index in [9.17, 15) is 4.79 Å². The van der Waals surface area contributed by atoms with Gasteiger partial charge < -0.3 is 10.1 Å². The molecule has 1 amide bonds. The van der Waals surface area contributed by atoms with Gasteiger partial charge in [-0.25, -0.2) is 0 Å². The van der Waals surface area contributed by atoms with Crippen LogP contribution >= 0.6 is 0 Å². The summed E-state index contributed by atoms with van der Waals surface area (Å²) in [6.45, 7) is 4.50. The van der Waals surface area contributed by atoms with E-state index >= 15 is 0 Å². The van der Waals surface area contributed by atoms with Gasteiger partial charge in [-0.05, 0) is 49.2 Å². The molecule has 3 aromatic rings. The number of nitrogens with one attached hydrogen (secondary N) is 1. The van der Waals surface area contributed by atoms with Crippen molar-refractivity contribution in [2.75, 3.05) is 5.32 Å². The van der Waals surface area contributed by atoms with E-state index < -0.39 is 0 Å².